The number of nitrogens with one attached hydrogen (secondary N) is 1. The molecule has 2 aromatic carbocycles. The summed E-state index contributed by atoms with van der Waals surface area (Å²) in [4.78, 5) is 13.3. The number of carbonyl (C=O) groups is 1. The van der Waals surface area contributed by atoms with Gasteiger partial charge in [0.2, 0.25) is 0 Å². The van der Waals surface area contributed by atoms with Crippen LogP contribution < -0.4 is 10.1 Å². The molecule has 152 valence electrons. The standard InChI is InChI=1S/C25H25N3O2/c1-25(2)13-20-22(21(29)14-25)23(17-9-11-18(30-3)12-10-17)28-24(27-20)19(15-26-28)16-7-5-4-6-8-16/h4-12,15,23,27H,13-14H2,1-3H3/t23-/m1/s1. The quantitative estimate of drug-likeness (QED) is 0.656. The number of benzene rings is 2. The molecule has 5 rings (SSSR count). The molecule has 0 saturated heterocycles. The molecule has 1 atom stereocenters. The van der Waals surface area contributed by atoms with Crippen molar-refractivity contribution in [2.24, 2.45) is 5.41 Å². The lowest BCUT2D eigenvalue weighted by Crippen LogP contribution is -2.36. The van der Waals surface area contributed by atoms with Crippen molar-refractivity contribution < 1.29 is 9.53 Å². The van der Waals surface area contributed by atoms with Crippen molar-refractivity contribution in [1.29, 1.82) is 0 Å². The number of hydrogen-bond donors (Lipinski definition) is 1. The first-order chi connectivity index (χ1) is 14.5. The summed E-state index contributed by atoms with van der Waals surface area (Å²) >= 11 is 0. The largest absolute Gasteiger partial charge is 0.497 e. The molecule has 0 unspecified atom stereocenters. The van der Waals surface area contributed by atoms with Crippen LogP contribution in [0.15, 0.2) is 72.1 Å². The van der Waals surface area contributed by atoms with E-state index in [4.69, 9.17) is 9.84 Å². The van der Waals surface area contributed by atoms with Crippen LogP contribution in [0.2, 0.25) is 0 Å². The van der Waals surface area contributed by atoms with Gasteiger partial charge in [-0.3, -0.25) is 4.79 Å². The highest BCUT2D eigenvalue weighted by Gasteiger charge is 2.41. The fourth-order valence-corrected chi connectivity index (χ4v) is 4.63. The second-order valence-electron chi connectivity index (χ2n) is 8.85. The lowest BCUT2D eigenvalue weighted by atomic mass is 9.73. The Morgan fingerprint density at radius 1 is 1.07 bits per heavy atom. The van der Waals surface area contributed by atoms with E-state index in [-0.39, 0.29) is 17.2 Å². The average Bonchev–Trinajstić information content (AvgIpc) is 3.15. The van der Waals surface area contributed by atoms with Crippen LogP contribution in [0, 0.1) is 5.41 Å². The van der Waals surface area contributed by atoms with Crippen LogP contribution in [-0.2, 0) is 4.79 Å². The zero-order valence-corrected chi connectivity index (χ0v) is 17.5. The van der Waals surface area contributed by atoms with Crippen LogP contribution in [0.4, 0.5) is 5.82 Å². The second-order valence-corrected chi connectivity index (χ2v) is 8.85. The maximum absolute atomic E-state index is 13.3. The molecule has 0 fully saturated rings. The number of Topliss-reactive ketones (excluding diaryl/α,β-unsaturated/α-hetero) is 1. The van der Waals surface area contributed by atoms with Gasteiger partial charge < -0.3 is 10.1 Å². The van der Waals surface area contributed by atoms with E-state index >= 15 is 0 Å². The summed E-state index contributed by atoms with van der Waals surface area (Å²) in [5, 5.41) is 8.32. The normalized spacial score (nSPS) is 19.7. The van der Waals surface area contributed by atoms with E-state index in [0.29, 0.717) is 6.42 Å². The highest BCUT2D eigenvalue weighted by atomic mass is 16.5. The number of hydrogen-bond acceptors (Lipinski definition) is 4. The summed E-state index contributed by atoms with van der Waals surface area (Å²) in [5.41, 5.74) is 4.95. The summed E-state index contributed by atoms with van der Waals surface area (Å²) in [5.74, 6) is 1.92. The van der Waals surface area contributed by atoms with Crippen molar-refractivity contribution >= 4 is 11.6 Å². The minimum absolute atomic E-state index is 0.0670. The van der Waals surface area contributed by atoms with Gasteiger partial charge in [0.25, 0.3) is 0 Å². The highest BCUT2D eigenvalue weighted by molar-refractivity contribution is 6.00. The molecule has 0 bridgehead atoms. The molecule has 1 N–H and O–H groups in total. The molecule has 5 heteroatoms. The fraction of sp³-hybridized carbons (Fsp3) is 0.280. The third-order valence-electron chi connectivity index (χ3n) is 6.02. The summed E-state index contributed by atoms with van der Waals surface area (Å²) in [6, 6.07) is 17.9. The third kappa shape index (κ3) is 3.02. The SMILES string of the molecule is COc1ccc([C@@H]2C3=C(CC(C)(C)CC3=O)Nc3c(-c4ccccc4)cnn32)cc1. The van der Waals surface area contributed by atoms with Crippen molar-refractivity contribution in [3.63, 3.8) is 0 Å². The smallest absolute Gasteiger partial charge is 0.163 e. The molecule has 0 radical (unpaired) electrons. The molecule has 0 amide bonds. The minimum atomic E-state index is -0.247. The van der Waals surface area contributed by atoms with Crippen LogP contribution in [0.25, 0.3) is 11.1 Å². The van der Waals surface area contributed by atoms with E-state index in [1.807, 2.05) is 53.3 Å². The predicted octanol–water partition coefficient (Wildman–Crippen LogP) is 5.22. The Morgan fingerprint density at radius 2 is 1.80 bits per heavy atom. The minimum Gasteiger partial charge on any atom is -0.497 e. The van der Waals surface area contributed by atoms with Crippen LogP contribution in [0.5, 0.6) is 5.75 Å². The highest BCUT2D eigenvalue weighted by Crippen LogP contribution is 2.47. The Balaban J connectivity index is 1.69. The van der Waals surface area contributed by atoms with Crippen molar-refractivity contribution in [1.82, 2.24) is 9.78 Å². The van der Waals surface area contributed by atoms with E-state index in [1.165, 1.54) is 0 Å². The van der Waals surface area contributed by atoms with Crippen LogP contribution in [-0.4, -0.2) is 22.7 Å². The molecule has 2 aliphatic rings. The molecular weight excluding hydrogens is 374 g/mol. The van der Waals surface area contributed by atoms with E-state index in [9.17, 15) is 4.79 Å². The van der Waals surface area contributed by atoms with E-state index in [1.54, 1.807) is 7.11 Å². The fourth-order valence-electron chi connectivity index (χ4n) is 4.63. The number of methoxy groups -OCH3 is 1. The average molecular weight is 399 g/mol. The topological polar surface area (TPSA) is 56.1 Å². The predicted molar refractivity (Wildman–Crippen MR) is 117 cm³/mol. The van der Waals surface area contributed by atoms with Gasteiger partial charge in [-0.25, -0.2) is 4.68 Å². The summed E-state index contributed by atoms with van der Waals surface area (Å²) < 4.78 is 7.29. The van der Waals surface area contributed by atoms with Gasteiger partial charge in [0, 0.05) is 23.3 Å². The number of ketones is 1. The van der Waals surface area contributed by atoms with Crippen LogP contribution in [0.1, 0.15) is 38.3 Å². The third-order valence-corrected chi connectivity index (χ3v) is 6.02. The Kier molecular flexibility index (Phi) is 4.28. The molecule has 1 aliphatic heterocycles. The summed E-state index contributed by atoms with van der Waals surface area (Å²) in [6.07, 6.45) is 3.27. The first kappa shape index (κ1) is 18.7. The molecule has 5 nitrogen and oxygen atoms in total. The Hall–Kier alpha value is -3.34. The number of anilines is 1. The monoisotopic (exact) mass is 399 g/mol. The van der Waals surface area contributed by atoms with Crippen molar-refractivity contribution in [2.45, 2.75) is 32.7 Å². The summed E-state index contributed by atoms with van der Waals surface area (Å²) in [6.45, 7) is 4.31. The van der Waals surface area contributed by atoms with E-state index in [0.717, 1.165) is 45.9 Å². The van der Waals surface area contributed by atoms with E-state index in [2.05, 4.69) is 31.3 Å². The Bertz CT molecular complexity index is 1140. The van der Waals surface area contributed by atoms with Gasteiger partial charge in [0.15, 0.2) is 5.78 Å². The lowest BCUT2D eigenvalue weighted by Gasteiger charge is -2.39. The number of nitrogens with zero attached hydrogens (tertiary/aromatic N) is 2. The molecule has 1 aliphatic carbocycles. The van der Waals surface area contributed by atoms with Crippen LogP contribution in [0.3, 0.4) is 0 Å². The molecule has 30 heavy (non-hydrogen) atoms. The number of fused-ring (bicyclic) bond motifs is 1. The number of ether oxygens (including phenoxy) is 1. The molecule has 0 saturated carbocycles. The number of aromatic nitrogens is 2. The molecule has 1 aromatic heterocycles. The van der Waals surface area contributed by atoms with Gasteiger partial charge >= 0.3 is 0 Å². The van der Waals surface area contributed by atoms with Crippen LogP contribution >= 0.6 is 0 Å². The molecule has 0 spiro atoms. The Labute approximate surface area is 176 Å². The molecular formula is C25H25N3O2. The first-order valence-corrected chi connectivity index (χ1v) is 10.3. The molecule has 3 aromatic rings. The zero-order chi connectivity index (χ0) is 20.9. The van der Waals surface area contributed by atoms with E-state index < -0.39 is 0 Å². The van der Waals surface area contributed by atoms with Gasteiger partial charge in [-0.2, -0.15) is 5.10 Å². The lowest BCUT2D eigenvalue weighted by molar-refractivity contribution is -0.118. The zero-order valence-electron chi connectivity index (χ0n) is 17.5. The van der Waals surface area contributed by atoms with Crippen molar-refractivity contribution in [3.05, 3.63) is 77.6 Å². The Morgan fingerprint density at radius 3 is 2.50 bits per heavy atom. The van der Waals surface area contributed by atoms with Gasteiger partial charge in [0.1, 0.15) is 17.6 Å². The van der Waals surface area contributed by atoms with Gasteiger partial charge in [-0.15, -0.1) is 0 Å². The summed E-state index contributed by atoms with van der Waals surface area (Å²) in [7, 11) is 1.66. The van der Waals surface area contributed by atoms with Crippen molar-refractivity contribution in [3.8, 4) is 16.9 Å². The van der Waals surface area contributed by atoms with Gasteiger partial charge in [0.05, 0.1) is 13.3 Å². The number of rotatable bonds is 3. The molecule has 2 heterocycles. The maximum Gasteiger partial charge on any atom is 0.163 e. The maximum atomic E-state index is 13.3. The first-order valence-electron chi connectivity index (χ1n) is 10.3. The van der Waals surface area contributed by atoms with Crippen molar-refractivity contribution in [2.75, 3.05) is 12.4 Å². The van der Waals surface area contributed by atoms with Gasteiger partial charge in [-0.1, -0.05) is 56.3 Å². The second kappa shape index (κ2) is 6.87. The number of allylic oxidation sites excluding steroid dienone is 2. The number of carbonyl (C=O) groups excluding carboxylic acids is 1. The van der Waals surface area contributed by atoms with Gasteiger partial charge in [-0.05, 0) is 35.1 Å².